The van der Waals surface area contributed by atoms with Crippen molar-refractivity contribution in [2.24, 2.45) is 0 Å². The van der Waals surface area contributed by atoms with Crippen molar-refractivity contribution in [1.29, 1.82) is 0 Å². The van der Waals surface area contributed by atoms with Crippen LogP contribution < -0.4 is 0 Å². The van der Waals surface area contributed by atoms with Crippen LogP contribution >= 0.6 is 0 Å². The number of aromatic nitrogens is 2. The quantitative estimate of drug-likeness (QED) is 0.564. The minimum absolute atomic E-state index is 0.0750. The Morgan fingerprint density at radius 1 is 1.79 bits per heavy atom. The predicted molar refractivity (Wildman–Crippen MR) is 45.9 cm³/mol. The average Bonchev–Trinajstić information content (AvgIpc) is 2.43. The van der Waals surface area contributed by atoms with Crippen LogP contribution in [0.2, 0.25) is 0 Å². The van der Waals surface area contributed by atoms with Gasteiger partial charge in [-0.25, -0.2) is 0 Å². The van der Waals surface area contributed by atoms with Gasteiger partial charge in [0, 0.05) is 13.5 Å². The second-order valence-electron chi connectivity index (χ2n) is 2.74. The molecule has 0 saturated heterocycles. The summed E-state index contributed by atoms with van der Waals surface area (Å²) >= 11 is 0. The molecule has 1 rings (SSSR count). The molecule has 0 amide bonds. The maximum absolute atomic E-state index is 10.3. The van der Waals surface area contributed by atoms with Crippen LogP contribution in [0.15, 0.2) is 6.20 Å². The van der Waals surface area contributed by atoms with Gasteiger partial charge in [0.25, 0.3) is 0 Å². The van der Waals surface area contributed by atoms with Gasteiger partial charge in [0.05, 0.1) is 6.42 Å². The first-order chi connectivity index (χ1) is 6.50. The highest BCUT2D eigenvalue weighted by atomic mass is 16.6. The molecule has 0 unspecified atom stereocenters. The van der Waals surface area contributed by atoms with E-state index in [0.29, 0.717) is 5.82 Å². The molecular weight excluding hydrogens is 190 g/mol. The first-order valence-electron chi connectivity index (χ1n) is 3.90. The highest BCUT2D eigenvalue weighted by Gasteiger charge is 2.15. The Labute approximate surface area is 79.1 Å². The number of hydrogen-bond acceptors (Lipinski definition) is 4. The minimum atomic E-state index is -0.944. The molecule has 0 atom stereocenters. The molecule has 7 nitrogen and oxygen atoms in total. The van der Waals surface area contributed by atoms with E-state index in [1.54, 1.807) is 6.92 Å². The van der Waals surface area contributed by atoms with Gasteiger partial charge in [0.2, 0.25) is 5.82 Å². The number of rotatable bonds is 4. The second-order valence-corrected chi connectivity index (χ2v) is 2.74. The van der Waals surface area contributed by atoms with Gasteiger partial charge in [-0.1, -0.05) is 0 Å². The summed E-state index contributed by atoms with van der Waals surface area (Å²) in [6, 6.07) is 0. The molecule has 76 valence electrons. The van der Waals surface area contributed by atoms with Gasteiger partial charge in [0.15, 0.2) is 0 Å². The number of hydrogen-bond donors (Lipinski definition) is 1. The zero-order valence-corrected chi connectivity index (χ0v) is 7.51. The third-order valence-electron chi connectivity index (χ3n) is 1.72. The van der Waals surface area contributed by atoms with Gasteiger partial charge in [0.1, 0.15) is 6.20 Å². The van der Waals surface area contributed by atoms with E-state index in [-0.39, 0.29) is 18.8 Å². The molecular formula is C7H9N3O4. The fraction of sp³-hybridized carbons (Fsp3) is 0.429. The van der Waals surface area contributed by atoms with Crippen molar-refractivity contribution in [3.63, 3.8) is 0 Å². The number of imidazole rings is 1. The Morgan fingerprint density at radius 2 is 2.43 bits per heavy atom. The summed E-state index contributed by atoms with van der Waals surface area (Å²) < 4.78 is 1.45. The van der Waals surface area contributed by atoms with E-state index < -0.39 is 10.9 Å². The third-order valence-corrected chi connectivity index (χ3v) is 1.72. The van der Waals surface area contributed by atoms with Crippen molar-refractivity contribution in [3.8, 4) is 0 Å². The zero-order chi connectivity index (χ0) is 10.7. The summed E-state index contributed by atoms with van der Waals surface area (Å²) in [6.45, 7) is 1.79. The van der Waals surface area contributed by atoms with Gasteiger partial charge in [-0.3, -0.25) is 4.79 Å². The summed E-state index contributed by atoms with van der Waals surface area (Å²) in [5, 5.41) is 18.7. The molecule has 0 radical (unpaired) electrons. The van der Waals surface area contributed by atoms with Gasteiger partial charge in [-0.05, 0) is 9.91 Å². The van der Waals surface area contributed by atoms with E-state index in [4.69, 9.17) is 5.11 Å². The molecule has 0 saturated carbocycles. The van der Waals surface area contributed by atoms with E-state index in [2.05, 4.69) is 4.98 Å². The largest absolute Gasteiger partial charge is 0.481 e. The number of carboxylic acids is 1. The lowest BCUT2D eigenvalue weighted by Gasteiger charge is -1.97. The summed E-state index contributed by atoms with van der Waals surface area (Å²) in [6.07, 6.45) is 1.16. The fourth-order valence-corrected chi connectivity index (χ4v) is 1.02. The molecule has 1 aromatic heterocycles. The molecule has 1 heterocycles. The number of nitro groups is 1. The van der Waals surface area contributed by atoms with Gasteiger partial charge in [-0.2, -0.15) is 0 Å². The number of nitrogens with zero attached hydrogens (tertiary/aromatic N) is 3. The molecule has 1 N–H and O–H groups in total. The monoisotopic (exact) mass is 199 g/mol. The first-order valence-corrected chi connectivity index (χ1v) is 3.90. The number of aliphatic carboxylic acids is 1. The lowest BCUT2D eigenvalue weighted by atomic mass is 10.4. The summed E-state index contributed by atoms with van der Waals surface area (Å²) in [4.78, 5) is 23.6. The van der Waals surface area contributed by atoms with Crippen LogP contribution in [0.3, 0.4) is 0 Å². The first kappa shape index (κ1) is 10.2. The Balaban J connectivity index is 2.77. The molecule has 0 aliphatic heterocycles. The Hall–Kier alpha value is -1.92. The SMILES string of the molecule is Cc1nc([N+](=O)[O-])cn1CCC(=O)O. The smallest absolute Gasteiger partial charge is 0.381 e. The number of carbonyl (C=O) groups is 1. The van der Waals surface area contributed by atoms with Crippen molar-refractivity contribution >= 4 is 11.8 Å². The lowest BCUT2D eigenvalue weighted by molar-refractivity contribution is -0.389. The van der Waals surface area contributed by atoms with Gasteiger partial charge >= 0.3 is 11.8 Å². The lowest BCUT2D eigenvalue weighted by Crippen LogP contribution is -2.04. The standard InChI is InChI=1S/C7H9N3O4/c1-5-8-6(10(13)14)4-9(5)3-2-7(11)12/h4H,2-3H2,1H3,(H,11,12). The highest BCUT2D eigenvalue weighted by Crippen LogP contribution is 2.10. The maximum Gasteiger partial charge on any atom is 0.381 e. The van der Waals surface area contributed by atoms with Crippen molar-refractivity contribution < 1.29 is 14.8 Å². The van der Waals surface area contributed by atoms with E-state index >= 15 is 0 Å². The topological polar surface area (TPSA) is 98.3 Å². The Kier molecular flexibility index (Phi) is 2.80. The van der Waals surface area contributed by atoms with E-state index in [0.717, 1.165) is 0 Å². The molecule has 0 bridgehead atoms. The van der Waals surface area contributed by atoms with Crippen LogP contribution in [0, 0.1) is 17.0 Å². The number of carboxylic acid groups (broad SMARTS) is 1. The number of aryl methyl sites for hydroxylation is 2. The molecule has 1 aromatic rings. The summed E-state index contributed by atoms with van der Waals surface area (Å²) in [7, 11) is 0. The van der Waals surface area contributed by atoms with Crippen LogP contribution in [0.5, 0.6) is 0 Å². The van der Waals surface area contributed by atoms with Crippen molar-refractivity contribution in [2.45, 2.75) is 19.9 Å². The van der Waals surface area contributed by atoms with E-state index in [1.807, 2.05) is 0 Å². The van der Waals surface area contributed by atoms with E-state index in [1.165, 1.54) is 10.8 Å². The summed E-state index contributed by atoms with van der Waals surface area (Å²) in [5.41, 5.74) is 0. The minimum Gasteiger partial charge on any atom is -0.481 e. The van der Waals surface area contributed by atoms with Gasteiger partial charge in [-0.15, -0.1) is 0 Å². The fourth-order valence-electron chi connectivity index (χ4n) is 1.02. The van der Waals surface area contributed by atoms with Gasteiger partial charge < -0.3 is 19.8 Å². The zero-order valence-electron chi connectivity index (χ0n) is 7.51. The van der Waals surface area contributed by atoms with Crippen LogP contribution in [0.25, 0.3) is 0 Å². The Bertz CT molecular complexity index is 371. The van der Waals surface area contributed by atoms with Crippen molar-refractivity contribution in [2.75, 3.05) is 0 Å². The molecule has 0 fully saturated rings. The molecule has 0 spiro atoms. The predicted octanol–water partition coefficient (Wildman–Crippen LogP) is 0.574. The van der Waals surface area contributed by atoms with Crippen LogP contribution in [0.1, 0.15) is 12.2 Å². The van der Waals surface area contributed by atoms with Crippen molar-refractivity contribution in [1.82, 2.24) is 9.55 Å². The molecule has 0 aliphatic carbocycles. The maximum atomic E-state index is 10.3. The van der Waals surface area contributed by atoms with Crippen LogP contribution in [-0.2, 0) is 11.3 Å². The van der Waals surface area contributed by atoms with E-state index in [9.17, 15) is 14.9 Å². The Morgan fingerprint density at radius 3 is 2.86 bits per heavy atom. The molecule has 14 heavy (non-hydrogen) atoms. The summed E-state index contributed by atoms with van der Waals surface area (Å²) in [5.74, 6) is -0.758. The van der Waals surface area contributed by atoms with Crippen LogP contribution in [-0.4, -0.2) is 25.6 Å². The second kappa shape index (κ2) is 3.86. The van der Waals surface area contributed by atoms with Crippen LogP contribution in [0.4, 0.5) is 5.82 Å². The highest BCUT2D eigenvalue weighted by molar-refractivity contribution is 5.66. The van der Waals surface area contributed by atoms with Crippen molar-refractivity contribution in [3.05, 3.63) is 22.1 Å². The molecule has 0 aliphatic rings. The molecule has 7 heteroatoms. The molecule has 0 aromatic carbocycles. The normalized spacial score (nSPS) is 10.1. The third kappa shape index (κ3) is 2.28. The average molecular weight is 199 g/mol.